The van der Waals surface area contributed by atoms with Crippen molar-refractivity contribution < 1.29 is 43.9 Å². The van der Waals surface area contributed by atoms with Crippen molar-refractivity contribution in [2.24, 2.45) is 17.3 Å². The number of rotatable bonds is 11. The second kappa shape index (κ2) is 20.7. The molecule has 0 aromatic carbocycles. The molecule has 3 N–H and O–H groups in total. The topological polar surface area (TPSA) is 132 Å². The number of aliphatic hydroxyl groups excluding tert-OH is 3. The van der Waals surface area contributed by atoms with Crippen LogP contribution in [0.15, 0.2) is 84.6 Å². The number of hydrogen-bond donors (Lipinski definition) is 3. The minimum atomic E-state index is -1.31. The third kappa shape index (κ3) is 13.2. The van der Waals surface area contributed by atoms with E-state index < -0.39 is 41.8 Å². The highest BCUT2D eigenvalue weighted by atomic mass is 16.6. The number of ether oxygens (including phenoxy) is 4. The molecule has 0 amide bonds. The van der Waals surface area contributed by atoms with Gasteiger partial charge in [0.15, 0.2) is 6.10 Å². The summed E-state index contributed by atoms with van der Waals surface area (Å²) in [6.07, 6.45) is 21.0. The van der Waals surface area contributed by atoms with Crippen LogP contribution in [0.3, 0.4) is 0 Å². The van der Waals surface area contributed by atoms with Gasteiger partial charge in [0.1, 0.15) is 12.7 Å². The largest absolute Gasteiger partial charge is 0.459 e. The molecule has 2 fully saturated rings. The molecular formula is C41H60O9. The Bertz CT molecular complexity index is 1290. The van der Waals surface area contributed by atoms with Gasteiger partial charge in [0, 0.05) is 31.3 Å². The maximum Gasteiger partial charge on any atom is 0.335 e. The molecule has 0 aromatic rings. The predicted octanol–water partition coefficient (Wildman–Crippen LogP) is 6.41. The van der Waals surface area contributed by atoms with Gasteiger partial charge < -0.3 is 34.3 Å². The summed E-state index contributed by atoms with van der Waals surface area (Å²) in [6, 6.07) is 0. The number of allylic oxidation sites excluding steroid dienone is 6. The zero-order valence-electron chi connectivity index (χ0n) is 30.6. The molecule has 50 heavy (non-hydrogen) atoms. The van der Waals surface area contributed by atoms with E-state index in [1.807, 2.05) is 57.2 Å². The van der Waals surface area contributed by atoms with Crippen molar-refractivity contribution in [3.8, 4) is 0 Å². The first-order chi connectivity index (χ1) is 23.8. The molecule has 0 spiro atoms. The van der Waals surface area contributed by atoms with E-state index in [-0.39, 0.29) is 43.9 Å². The van der Waals surface area contributed by atoms with E-state index >= 15 is 0 Å². The minimum Gasteiger partial charge on any atom is -0.459 e. The molecule has 3 aliphatic heterocycles. The summed E-state index contributed by atoms with van der Waals surface area (Å²) in [7, 11) is 0. The van der Waals surface area contributed by atoms with Gasteiger partial charge in [-0.15, -0.1) is 0 Å². The van der Waals surface area contributed by atoms with Gasteiger partial charge in [-0.05, 0) is 50.5 Å². The lowest BCUT2D eigenvalue weighted by Gasteiger charge is -2.47. The van der Waals surface area contributed by atoms with E-state index in [4.69, 9.17) is 18.9 Å². The standard InChI is InChI=1S/C41H60O9/c1-28(2)21-22-30(4)26-47-40(46)34(43)18-13-14-19-37-41(6,27-42)38-25-33(49-37)17-10-7-9-15-29(3)23-36-31(5)35(44)24-32(48-36)16-11-8-12-20-39(45)50-38/h8-15,17,20,23,28,31-38,42-44H,4,7,16,18-19,21-22,24-27H2,1-3,5-6H3. The van der Waals surface area contributed by atoms with E-state index in [1.54, 1.807) is 18.2 Å². The van der Waals surface area contributed by atoms with Gasteiger partial charge in [-0.1, -0.05) is 101 Å². The number of fused-ring (bicyclic) bond motifs is 4. The highest BCUT2D eigenvalue weighted by molar-refractivity contribution is 5.82. The fourth-order valence-corrected chi connectivity index (χ4v) is 6.27. The van der Waals surface area contributed by atoms with Gasteiger partial charge >= 0.3 is 11.9 Å². The van der Waals surface area contributed by atoms with Crippen molar-refractivity contribution in [3.63, 3.8) is 0 Å². The molecule has 3 rings (SSSR count). The maximum atomic E-state index is 13.0. The van der Waals surface area contributed by atoms with Crippen molar-refractivity contribution in [1.29, 1.82) is 0 Å². The molecule has 278 valence electrons. The smallest absolute Gasteiger partial charge is 0.335 e. The van der Waals surface area contributed by atoms with E-state index in [9.17, 15) is 24.9 Å². The summed E-state index contributed by atoms with van der Waals surface area (Å²) in [5.74, 6) is -0.720. The molecule has 2 saturated heterocycles. The maximum absolute atomic E-state index is 13.0. The van der Waals surface area contributed by atoms with Crippen LogP contribution in [0.4, 0.5) is 0 Å². The average Bonchev–Trinajstić information content (AvgIpc) is 3.07. The Morgan fingerprint density at radius 1 is 1.14 bits per heavy atom. The lowest BCUT2D eigenvalue weighted by molar-refractivity contribution is -0.198. The SMILES string of the molecule is C=C(CCC(C)C)COC(=O)C(O)CC=CCC1OC2C=CCC=CC(C)=CC3OC(CC=CC=CC(=O)OC(C2)C1(C)CO)CC(O)C3C. The van der Waals surface area contributed by atoms with Crippen molar-refractivity contribution in [2.45, 2.75) is 129 Å². The Kier molecular flexibility index (Phi) is 17.1. The summed E-state index contributed by atoms with van der Waals surface area (Å²) in [4.78, 5) is 25.3. The van der Waals surface area contributed by atoms with Crippen LogP contribution < -0.4 is 0 Å². The van der Waals surface area contributed by atoms with Gasteiger partial charge in [-0.2, -0.15) is 0 Å². The monoisotopic (exact) mass is 696 g/mol. The minimum absolute atomic E-state index is 0.0218. The van der Waals surface area contributed by atoms with E-state index in [1.165, 1.54) is 6.08 Å². The molecule has 0 radical (unpaired) electrons. The third-order valence-corrected chi connectivity index (χ3v) is 9.79. The Labute approximate surface area is 299 Å². The second-order valence-corrected chi connectivity index (χ2v) is 14.6. The van der Waals surface area contributed by atoms with Crippen LogP contribution in [-0.4, -0.2) is 83.2 Å². The third-order valence-electron chi connectivity index (χ3n) is 9.79. The van der Waals surface area contributed by atoms with Gasteiger partial charge in [0.2, 0.25) is 0 Å². The summed E-state index contributed by atoms with van der Waals surface area (Å²) < 4.78 is 23.9. The van der Waals surface area contributed by atoms with Crippen LogP contribution in [0.25, 0.3) is 0 Å². The molecule has 0 aromatic heterocycles. The van der Waals surface area contributed by atoms with Crippen molar-refractivity contribution in [3.05, 3.63) is 84.6 Å². The van der Waals surface area contributed by atoms with Gasteiger partial charge in [-0.25, -0.2) is 9.59 Å². The molecule has 0 saturated carbocycles. The first-order valence-corrected chi connectivity index (χ1v) is 18.1. The van der Waals surface area contributed by atoms with Crippen LogP contribution in [0, 0.1) is 17.3 Å². The highest BCUT2D eigenvalue weighted by Crippen LogP contribution is 2.41. The van der Waals surface area contributed by atoms with E-state index in [2.05, 4.69) is 26.5 Å². The molecule has 9 nitrogen and oxygen atoms in total. The zero-order valence-corrected chi connectivity index (χ0v) is 30.6. The van der Waals surface area contributed by atoms with Gasteiger partial charge in [0.05, 0.1) is 42.5 Å². The lowest BCUT2D eigenvalue weighted by atomic mass is 9.73. The predicted molar refractivity (Wildman–Crippen MR) is 195 cm³/mol. The Balaban J connectivity index is 1.71. The highest BCUT2D eigenvalue weighted by Gasteiger charge is 2.49. The Morgan fingerprint density at radius 2 is 1.92 bits per heavy atom. The Hall–Kier alpha value is -3.08. The van der Waals surface area contributed by atoms with Gasteiger partial charge in [-0.3, -0.25) is 0 Å². The number of hydrogen-bond acceptors (Lipinski definition) is 9. The van der Waals surface area contributed by atoms with E-state index in [0.717, 1.165) is 24.0 Å². The van der Waals surface area contributed by atoms with E-state index in [0.29, 0.717) is 38.0 Å². The number of esters is 2. The summed E-state index contributed by atoms with van der Waals surface area (Å²) in [5, 5.41) is 31.6. The summed E-state index contributed by atoms with van der Waals surface area (Å²) in [6.45, 7) is 13.9. The lowest BCUT2D eigenvalue weighted by Crippen LogP contribution is -2.55. The van der Waals surface area contributed by atoms with Crippen LogP contribution in [0.5, 0.6) is 0 Å². The fourth-order valence-electron chi connectivity index (χ4n) is 6.27. The van der Waals surface area contributed by atoms with Gasteiger partial charge in [0.25, 0.3) is 0 Å². The quantitative estimate of drug-likeness (QED) is 0.166. The number of aliphatic hydroxyl groups is 3. The first kappa shape index (κ1) is 41.3. The molecule has 3 heterocycles. The van der Waals surface area contributed by atoms with Crippen molar-refractivity contribution >= 4 is 11.9 Å². The zero-order chi connectivity index (χ0) is 36.7. The Morgan fingerprint density at radius 3 is 2.66 bits per heavy atom. The van der Waals surface area contributed by atoms with Crippen molar-refractivity contribution in [2.75, 3.05) is 13.2 Å². The molecule has 3 aliphatic rings. The molecule has 0 aliphatic carbocycles. The summed E-state index contributed by atoms with van der Waals surface area (Å²) >= 11 is 0. The van der Waals surface area contributed by atoms with Crippen LogP contribution in [0.2, 0.25) is 0 Å². The van der Waals surface area contributed by atoms with Crippen molar-refractivity contribution in [1.82, 2.24) is 0 Å². The number of carbonyl (C=O) groups excluding carboxylic acids is 2. The molecule has 4 bridgehead atoms. The average molecular weight is 697 g/mol. The number of carbonyl (C=O) groups is 2. The second-order valence-electron chi connectivity index (χ2n) is 14.6. The molecule has 9 heteroatoms. The van der Waals surface area contributed by atoms with Crippen LogP contribution >= 0.6 is 0 Å². The van der Waals surface area contributed by atoms with Crippen LogP contribution in [-0.2, 0) is 28.5 Å². The fraction of sp³-hybridized carbons (Fsp3) is 0.610. The first-order valence-electron chi connectivity index (χ1n) is 18.1. The summed E-state index contributed by atoms with van der Waals surface area (Å²) in [5.41, 5.74) is 0.954. The molecular weight excluding hydrogens is 636 g/mol. The normalized spacial score (nSPS) is 31.7. The molecule has 9 unspecified atom stereocenters. The molecule has 9 atom stereocenters. The van der Waals surface area contributed by atoms with Crippen LogP contribution in [0.1, 0.15) is 86.0 Å².